The minimum Gasteiger partial charge on any atom is -0.465 e. The van der Waals surface area contributed by atoms with Crippen molar-refractivity contribution in [2.24, 2.45) is 0 Å². The molecule has 0 aliphatic carbocycles. The van der Waals surface area contributed by atoms with Crippen molar-refractivity contribution in [2.45, 2.75) is 6.92 Å². The second kappa shape index (κ2) is 4.94. The van der Waals surface area contributed by atoms with E-state index < -0.39 is 11.9 Å². The number of anilines is 1. The third-order valence-corrected chi connectivity index (χ3v) is 1.43. The van der Waals surface area contributed by atoms with Gasteiger partial charge in [0.25, 0.3) is 5.91 Å². The first-order chi connectivity index (χ1) is 7.15. The van der Waals surface area contributed by atoms with Crippen LogP contribution >= 0.6 is 0 Å². The molecule has 8 nitrogen and oxygen atoms in total. The number of nitrogens with one attached hydrogen (secondary N) is 1. The SMILES string of the molecule is CCOC(=O)CNC(=O)c1nonc1N. The zero-order valence-electron chi connectivity index (χ0n) is 8.02. The van der Waals surface area contributed by atoms with Crippen molar-refractivity contribution in [3.05, 3.63) is 5.69 Å². The normalized spacial score (nSPS) is 9.67. The third kappa shape index (κ3) is 2.93. The van der Waals surface area contributed by atoms with Crippen molar-refractivity contribution in [3.8, 4) is 0 Å². The number of ether oxygens (including phenoxy) is 1. The molecule has 0 radical (unpaired) electrons. The van der Waals surface area contributed by atoms with Gasteiger partial charge in [-0.3, -0.25) is 9.59 Å². The molecule has 0 unspecified atom stereocenters. The number of carbonyl (C=O) groups excluding carboxylic acids is 2. The van der Waals surface area contributed by atoms with Crippen LogP contribution < -0.4 is 11.1 Å². The first kappa shape index (κ1) is 11.0. The molecule has 1 heterocycles. The van der Waals surface area contributed by atoms with Gasteiger partial charge >= 0.3 is 5.97 Å². The monoisotopic (exact) mass is 214 g/mol. The molecule has 0 aliphatic heterocycles. The first-order valence-corrected chi connectivity index (χ1v) is 4.17. The molecule has 1 aromatic heterocycles. The van der Waals surface area contributed by atoms with Gasteiger partial charge in [0, 0.05) is 0 Å². The number of aromatic nitrogens is 2. The Morgan fingerprint density at radius 3 is 2.80 bits per heavy atom. The number of nitrogens with two attached hydrogens (primary N) is 1. The summed E-state index contributed by atoms with van der Waals surface area (Å²) in [6, 6.07) is 0. The summed E-state index contributed by atoms with van der Waals surface area (Å²) in [5.41, 5.74) is 5.11. The van der Waals surface area contributed by atoms with E-state index in [2.05, 4.69) is 25.0 Å². The van der Waals surface area contributed by atoms with Crippen molar-refractivity contribution in [1.29, 1.82) is 0 Å². The Hall–Kier alpha value is -2.12. The lowest BCUT2D eigenvalue weighted by atomic mass is 10.4. The fourth-order valence-electron chi connectivity index (χ4n) is 0.801. The maximum absolute atomic E-state index is 11.3. The molecule has 15 heavy (non-hydrogen) atoms. The number of nitrogen functional groups attached to an aromatic ring is 1. The van der Waals surface area contributed by atoms with E-state index in [1.807, 2.05) is 0 Å². The minimum atomic E-state index is -0.637. The molecule has 1 rings (SSSR count). The van der Waals surface area contributed by atoms with Crippen molar-refractivity contribution in [3.63, 3.8) is 0 Å². The molecule has 1 amide bonds. The smallest absolute Gasteiger partial charge is 0.325 e. The second-order valence-electron chi connectivity index (χ2n) is 2.49. The summed E-state index contributed by atoms with van der Waals surface area (Å²) >= 11 is 0. The Labute approximate surface area is 84.7 Å². The molecule has 1 aromatic rings. The van der Waals surface area contributed by atoms with Crippen LogP contribution in [0.1, 0.15) is 17.4 Å². The van der Waals surface area contributed by atoms with Crippen LogP contribution in [0.5, 0.6) is 0 Å². The molecule has 82 valence electrons. The van der Waals surface area contributed by atoms with Gasteiger partial charge < -0.3 is 15.8 Å². The van der Waals surface area contributed by atoms with E-state index in [-0.39, 0.29) is 24.7 Å². The molecule has 0 saturated carbocycles. The zero-order valence-corrected chi connectivity index (χ0v) is 8.02. The van der Waals surface area contributed by atoms with Gasteiger partial charge in [-0.05, 0) is 17.2 Å². The summed E-state index contributed by atoms with van der Waals surface area (Å²) in [5, 5.41) is 8.73. The molecule has 0 fully saturated rings. The van der Waals surface area contributed by atoms with Gasteiger partial charge in [-0.1, -0.05) is 0 Å². The zero-order chi connectivity index (χ0) is 11.3. The number of rotatable bonds is 4. The molecule has 0 aromatic carbocycles. The highest BCUT2D eigenvalue weighted by Crippen LogP contribution is 2.02. The van der Waals surface area contributed by atoms with Crippen LogP contribution in [0.15, 0.2) is 4.63 Å². The average Bonchev–Trinajstić information content (AvgIpc) is 2.61. The summed E-state index contributed by atoms with van der Waals surface area (Å²) in [6.45, 7) is 1.67. The second-order valence-corrected chi connectivity index (χ2v) is 2.49. The van der Waals surface area contributed by atoms with Crippen LogP contribution in [0.4, 0.5) is 5.82 Å². The highest BCUT2D eigenvalue weighted by molar-refractivity contribution is 5.97. The van der Waals surface area contributed by atoms with E-state index in [1.54, 1.807) is 6.92 Å². The molecular weight excluding hydrogens is 204 g/mol. The minimum absolute atomic E-state index is 0.128. The molecule has 0 aliphatic rings. The van der Waals surface area contributed by atoms with Crippen molar-refractivity contribution in [1.82, 2.24) is 15.6 Å². The van der Waals surface area contributed by atoms with E-state index >= 15 is 0 Å². The first-order valence-electron chi connectivity index (χ1n) is 4.17. The van der Waals surface area contributed by atoms with Crippen LogP contribution in [0.2, 0.25) is 0 Å². The lowest BCUT2D eigenvalue weighted by Crippen LogP contribution is -2.31. The van der Waals surface area contributed by atoms with E-state index in [0.717, 1.165) is 0 Å². The predicted molar refractivity (Wildman–Crippen MR) is 47.7 cm³/mol. The summed E-state index contributed by atoms with van der Waals surface area (Å²) in [4.78, 5) is 22.1. The number of hydrogen-bond acceptors (Lipinski definition) is 7. The van der Waals surface area contributed by atoms with Crippen LogP contribution in [0.25, 0.3) is 0 Å². The van der Waals surface area contributed by atoms with E-state index in [0.29, 0.717) is 0 Å². The lowest BCUT2D eigenvalue weighted by molar-refractivity contribution is -0.141. The number of hydrogen-bond donors (Lipinski definition) is 2. The molecule has 0 atom stereocenters. The van der Waals surface area contributed by atoms with Gasteiger partial charge in [0.2, 0.25) is 11.5 Å². The molecule has 3 N–H and O–H groups in total. The summed E-state index contributed by atoms with van der Waals surface area (Å²) < 4.78 is 8.81. The van der Waals surface area contributed by atoms with Crippen molar-refractivity contribution < 1.29 is 19.0 Å². The Morgan fingerprint density at radius 1 is 1.53 bits per heavy atom. The average molecular weight is 214 g/mol. The maximum atomic E-state index is 11.3. The number of amides is 1. The maximum Gasteiger partial charge on any atom is 0.325 e. The Balaban J connectivity index is 2.44. The standard InChI is InChI=1S/C7H10N4O4/c1-2-14-4(12)3-9-7(13)5-6(8)11-15-10-5/h2-3H2,1H3,(H2,8,11)(H,9,13). The van der Waals surface area contributed by atoms with Gasteiger partial charge in [0.15, 0.2) is 0 Å². The van der Waals surface area contributed by atoms with E-state index in [4.69, 9.17) is 5.73 Å². The van der Waals surface area contributed by atoms with Gasteiger partial charge in [0.1, 0.15) is 6.54 Å². The van der Waals surface area contributed by atoms with E-state index in [1.165, 1.54) is 0 Å². The summed E-state index contributed by atoms with van der Waals surface area (Å²) in [7, 11) is 0. The van der Waals surface area contributed by atoms with Crippen LogP contribution in [0, 0.1) is 0 Å². The van der Waals surface area contributed by atoms with Crippen molar-refractivity contribution >= 4 is 17.7 Å². The van der Waals surface area contributed by atoms with Gasteiger partial charge in [0.05, 0.1) is 6.61 Å². The van der Waals surface area contributed by atoms with Crippen LogP contribution in [-0.2, 0) is 9.53 Å². The van der Waals surface area contributed by atoms with Gasteiger partial charge in [-0.25, -0.2) is 4.63 Å². The van der Waals surface area contributed by atoms with Gasteiger partial charge in [-0.2, -0.15) is 0 Å². The predicted octanol–water partition coefficient (Wildman–Crippen LogP) is -1.06. The molecule has 8 heteroatoms. The summed E-state index contributed by atoms with van der Waals surface area (Å²) in [6.07, 6.45) is 0. The molecule has 0 saturated heterocycles. The van der Waals surface area contributed by atoms with Crippen LogP contribution in [-0.4, -0.2) is 35.3 Å². The topological polar surface area (TPSA) is 120 Å². The van der Waals surface area contributed by atoms with Crippen molar-refractivity contribution in [2.75, 3.05) is 18.9 Å². The largest absolute Gasteiger partial charge is 0.465 e. The highest BCUT2D eigenvalue weighted by atomic mass is 16.6. The number of carbonyl (C=O) groups is 2. The fourth-order valence-corrected chi connectivity index (χ4v) is 0.801. The summed E-state index contributed by atoms with van der Waals surface area (Å²) in [5.74, 6) is -1.31. The Bertz CT molecular complexity index is 362. The quantitative estimate of drug-likeness (QED) is 0.613. The lowest BCUT2D eigenvalue weighted by Gasteiger charge is -2.02. The molecular formula is C7H10N4O4. The molecule has 0 spiro atoms. The third-order valence-electron chi connectivity index (χ3n) is 1.43. The number of esters is 1. The number of nitrogens with zero attached hydrogens (tertiary/aromatic N) is 2. The molecule has 0 bridgehead atoms. The van der Waals surface area contributed by atoms with E-state index in [9.17, 15) is 9.59 Å². The van der Waals surface area contributed by atoms with Gasteiger partial charge in [-0.15, -0.1) is 0 Å². The Kier molecular flexibility index (Phi) is 3.61. The highest BCUT2D eigenvalue weighted by Gasteiger charge is 2.16. The fraction of sp³-hybridized carbons (Fsp3) is 0.429. The van der Waals surface area contributed by atoms with Crippen LogP contribution in [0.3, 0.4) is 0 Å². The Morgan fingerprint density at radius 2 is 2.27 bits per heavy atom.